The van der Waals surface area contributed by atoms with Crippen LogP contribution >= 0.6 is 23.2 Å². The molecule has 0 saturated heterocycles. The highest BCUT2D eigenvalue weighted by Gasteiger charge is 2.10. The summed E-state index contributed by atoms with van der Waals surface area (Å²) >= 11 is 12.4. The van der Waals surface area contributed by atoms with Gasteiger partial charge in [0.25, 0.3) is 0 Å². The quantitative estimate of drug-likeness (QED) is 0.514. The van der Waals surface area contributed by atoms with Crippen molar-refractivity contribution in [2.45, 2.75) is 26.3 Å². The Morgan fingerprint density at radius 1 is 1.00 bits per heavy atom. The van der Waals surface area contributed by atoms with Crippen molar-refractivity contribution in [2.75, 3.05) is 10.6 Å². The largest absolute Gasteiger partial charge is 0.352 e. The molecule has 1 atom stereocenters. The van der Waals surface area contributed by atoms with E-state index in [0.717, 1.165) is 17.7 Å². The molecule has 1 aromatic heterocycles. The van der Waals surface area contributed by atoms with Gasteiger partial charge in [-0.25, -0.2) is 4.98 Å². The SMILES string of the molecule is CC[C@@H](C)Nc1nc(Nc2cc(Cl)ccc2Cl)cc(-c2ccccc2)n1. The van der Waals surface area contributed by atoms with Crippen LogP contribution < -0.4 is 10.6 Å². The predicted molar refractivity (Wildman–Crippen MR) is 111 cm³/mol. The van der Waals surface area contributed by atoms with E-state index in [-0.39, 0.29) is 6.04 Å². The maximum Gasteiger partial charge on any atom is 0.225 e. The van der Waals surface area contributed by atoms with Gasteiger partial charge in [-0.15, -0.1) is 0 Å². The Hall–Kier alpha value is -2.30. The van der Waals surface area contributed by atoms with Crippen molar-refractivity contribution in [1.82, 2.24) is 9.97 Å². The summed E-state index contributed by atoms with van der Waals surface area (Å²) in [7, 11) is 0. The summed E-state index contributed by atoms with van der Waals surface area (Å²) in [5, 5.41) is 7.76. The third kappa shape index (κ3) is 4.65. The molecule has 0 aliphatic carbocycles. The van der Waals surface area contributed by atoms with E-state index in [0.29, 0.717) is 27.5 Å². The Morgan fingerprint density at radius 2 is 1.77 bits per heavy atom. The van der Waals surface area contributed by atoms with Crippen LogP contribution in [0.5, 0.6) is 0 Å². The lowest BCUT2D eigenvalue weighted by Gasteiger charge is -2.15. The fraction of sp³-hybridized carbons (Fsp3) is 0.200. The number of halogens is 2. The van der Waals surface area contributed by atoms with Crippen molar-refractivity contribution in [3.05, 3.63) is 64.6 Å². The maximum atomic E-state index is 6.27. The number of nitrogens with one attached hydrogen (secondary N) is 2. The van der Waals surface area contributed by atoms with Gasteiger partial charge in [0.2, 0.25) is 5.95 Å². The summed E-state index contributed by atoms with van der Waals surface area (Å²) in [5.74, 6) is 1.22. The van der Waals surface area contributed by atoms with E-state index in [2.05, 4.69) is 34.4 Å². The number of rotatable bonds is 6. The van der Waals surface area contributed by atoms with Gasteiger partial charge in [0.1, 0.15) is 5.82 Å². The highest BCUT2D eigenvalue weighted by atomic mass is 35.5. The fourth-order valence-electron chi connectivity index (χ4n) is 2.39. The van der Waals surface area contributed by atoms with Crippen molar-refractivity contribution in [3.63, 3.8) is 0 Å². The molecule has 0 fully saturated rings. The Bertz CT molecular complexity index is 884. The zero-order valence-electron chi connectivity index (χ0n) is 14.6. The maximum absolute atomic E-state index is 6.27. The number of benzene rings is 2. The molecule has 0 unspecified atom stereocenters. The van der Waals surface area contributed by atoms with Crippen LogP contribution in [0.15, 0.2) is 54.6 Å². The topological polar surface area (TPSA) is 49.8 Å². The number of hydrogen-bond acceptors (Lipinski definition) is 4. The minimum atomic E-state index is 0.267. The van der Waals surface area contributed by atoms with E-state index >= 15 is 0 Å². The van der Waals surface area contributed by atoms with Crippen molar-refractivity contribution >= 4 is 40.7 Å². The number of nitrogens with zero attached hydrogens (tertiary/aromatic N) is 2. The summed E-state index contributed by atoms with van der Waals surface area (Å²) in [6.07, 6.45) is 0.974. The molecular weight excluding hydrogens is 367 g/mol. The zero-order chi connectivity index (χ0) is 18.5. The first-order valence-corrected chi connectivity index (χ1v) is 9.24. The van der Waals surface area contributed by atoms with E-state index in [1.165, 1.54) is 0 Å². The molecule has 0 spiro atoms. The first kappa shape index (κ1) is 18.5. The third-order valence-electron chi connectivity index (χ3n) is 3.97. The van der Waals surface area contributed by atoms with E-state index < -0.39 is 0 Å². The van der Waals surface area contributed by atoms with Crippen LogP contribution in [0, 0.1) is 0 Å². The first-order chi connectivity index (χ1) is 12.5. The molecule has 3 rings (SSSR count). The second-order valence-electron chi connectivity index (χ2n) is 6.03. The molecule has 6 heteroatoms. The lowest BCUT2D eigenvalue weighted by Crippen LogP contribution is -2.16. The van der Waals surface area contributed by atoms with Crippen LogP contribution in [0.25, 0.3) is 11.3 Å². The normalized spacial score (nSPS) is 11.8. The van der Waals surface area contributed by atoms with E-state index in [1.54, 1.807) is 18.2 Å². The van der Waals surface area contributed by atoms with Gasteiger partial charge in [-0.05, 0) is 31.5 Å². The molecule has 4 nitrogen and oxygen atoms in total. The summed E-state index contributed by atoms with van der Waals surface area (Å²) in [4.78, 5) is 9.23. The van der Waals surface area contributed by atoms with Crippen LogP contribution in [0.1, 0.15) is 20.3 Å². The average Bonchev–Trinajstić information content (AvgIpc) is 2.65. The molecule has 0 radical (unpaired) electrons. The van der Waals surface area contributed by atoms with Gasteiger partial charge in [0.05, 0.1) is 16.4 Å². The van der Waals surface area contributed by atoms with Crippen molar-refractivity contribution in [1.29, 1.82) is 0 Å². The monoisotopic (exact) mass is 386 g/mol. The lowest BCUT2D eigenvalue weighted by molar-refractivity contribution is 0.753. The standard InChI is InChI=1S/C20H20Cl2N4/c1-3-13(2)23-20-25-17(14-7-5-4-6-8-14)12-19(26-20)24-18-11-15(21)9-10-16(18)22/h4-13H,3H2,1-2H3,(H2,23,24,25,26)/t13-/m1/s1. The Morgan fingerprint density at radius 3 is 2.50 bits per heavy atom. The minimum absolute atomic E-state index is 0.267. The number of aromatic nitrogens is 2. The van der Waals surface area contributed by atoms with Gasteiger partial charge in [0, 0.05) is 22.7 Å². The molecule has 2 aromatic carbocycles. The molecule has 0 aliphatic heterocycles. The van der Waals surface area contributed by atoms with Gasteiger partial charge >= 0.3 is 0 Å². The van der Waals surface area contributed by atoms with Crippen molar-refractivity contribution in [3.8, 4) is 11.3 Å². The predicted octanol–water partition coefficient (Wildman–Crippen LogP) is 6.40. The van der Waals surface area contributed by atoms with Gasteiger partial charge in [-0.2, -0.15) is 4.98 Å². The highest BCUT2D eigenvalue weighted by Crippen LogP contribution is 2.29. The molecule has 0 bridgehead atoms. The molecule has 134 valence electrons. The van der Waals surface area contributed by atoms with Crippen LogP contribution in [0.4, 0.5) is 17.5 Å². The summed E-state index contributed by atoms with van der Waals surface area (Å²) in [6, 6.07) is 17.4. The smallest absolute Gasteiger partial charge is 0.225 e. The molecule has 26 heavy (non-hydrogen) atoms. The summed E-state index contributed by atoms with van der Waals surface area (Å²) in [5.41, 5.74) is 2.54. The number of anilines is 3. The first-order valence-electron chi connectivity index (χ1n) is 8.48. The minimum Gasteiger partial charge on any atom is -0.352 e. The third-order valence-corrected chi connectivity index (χ3v) is 4.54. The molecule has 0 amide bonds. The van der Waals surface area contributed by atoms with Crippen LogP contribution in [0.2, 0.25) is 10.0 Å². The second-order valence-corrected chi connectivity index (χ2v) is 6.87. The summed E-state index contributed by atoms with van der Waals surface area (Å²) in [6.45, 7) is 4.21. The van der Waals surface area contributed by atoms with Crippen LogP contribution in [-0.4, -0.2) is 16.0 Å². The molecule has 0 aliphatic rings. The Labute approximate surface area is 163 Å². The molecule has 0 saturated carbocycles. The van der Waals surface area contributed by atoms with Crippen LogP contribution in [0.3, 0.4) is 0 Å². The Balaban J connectivity index is 2.00. The van der Waals surface area contributed by atoms with E-state index in [4.69, 9.17) is 23.2 Å². The highest BCUT2D eigenvalue weighted by molar-refractivity contribution is 6.35. The van der Waals surface area contributed by atoms with E-state index in [9.17, 15) is 0 Å². The second kappa shape index (κ2) is 8.39. The van der Waals surface area contributed by atoms with Gasteiger partial charge < -0.3 is 10.6 Å². The molecule has 1 heterocycles. The Kier molecular flexibility index (Phi) is 5.96. The van der Waals surface area contributed by atoms with Crippen molar-refractivity contribution < 1.29 is 0 Å². The zero-order valence-corrected chi connectivity index (χ0v) is 16.1. The molecule has 2 N–H and O–H groups in total. The van der Waals surface area contributed by atoms with Crippen molar-refractivity contribution in [2.24, 2.45) is 0 Å². The van der Waals surface area contributed by atoms with Crippen LogP contribution in [-0.2, 0) is 0 Å². The molecular formula is C20H20Cl2N4. The summed E-state index contributed by atoms with van der Waals surface area (Å²) < 4.78 is 0. The molecule has 3 aromatic rings. The number of hydrogen-bond donors (Lipinski definition) is 2. The van der Waals surface area contributed by atoms with Gasteiger partial charge in [0.15, 0.2) is 0 Å². The van der Waals surface area contributed by atoms with Gasteiger partial charge in [-0.3, -0.25) is 0 Å². The van der Waals surface area contributed by atoms with E-state index in [1.807, 2.05) is 36.4 Å². The average molecular weight is 387 g/mol. The lowest BCUT2D eigenvalue weighted by atomic mass is 10.1. The van der Waals surface area contributed by atoms with Gasteiger partial charge in [-0.1, -0.05) is 60.5 Å². The fourth-order valence-corrected chi connectivity index (χ4v) is 2.72.